The van der Waals surface area contributed by atoms with Gasteiger partial charge in [-0.25, -0.2) is 4.79 Å². The highest BCUT2D eigenvalue weighted by Gasteiger charge is 2.28. The number of likely N-dealkylation sites (tertiary alicyclic amines) is 1. The van der Waals surface area contributed by atoms with E-state index in [1.54, 1.807) is 31.4 Å². The molecule has 0 radical (unpaired) electrons. The van der Waals surface area contributed by atoms with Gasteiger partial charge < -0.3 is 24.8 Å². The highest BCUT2D eigenvalue weighted by atomic mass is 16.5. The Morgan fingerprint density at radius 3 is 2.68 bits per heavy atom. The summed E-state index contributed by atoms with van der Waals surface area (Å²) in [7, 11) is 3.20. The van der Waals surface area contributed by atoms with E-state index in [1.165, 1.54) is 0 Å². The first-order chi connectivity index (χ1) is 13.6. The molecule has 0 spiro atoms. The normalized spacial score (nSPS) is 15.8. The fourth-order valence-corrected chi connectivity index (χ4v) is 3.49. The predicted octanol–water partition coefficient (Wildman–Crippen LogP) is 2.75. The second kappa shape index (κ2) is 9.41. The number of pyridine rings is 1. The van der Waals surface area contributed by atoms with Crippen molar-refractivity contribution in [2.75, 3.05) is 27.3 Å². The lowest BCUT2D eigenvalue weighted by Crippen LogP contribution is -2.45. The summed E-state index contributed by atoms with van der Waals surface area (Å²) in [6.45, 7) is 1.60. The lowest BCUT2D eigenvalue weighted by atomic mass is 9.89. The Kier molecular flexibility index (Phi) is 6.71. The molecule has 0 aliphatic carbocycles. The number of carbonyl (C=O) groups excluding carboxylic acids is 1. The maximum atomic E-state index is 12.5. The van der Waals surface area contributed by atoms with E-state index >= 15 is 0 Å². The van der Waals surface area contributed by atoms with Gasteiger partial charge >= 0.3 is 6.03 Å². The van der Waals surface area contributed by atoms with E-state index in [2.05, 4.69) is 10.3 Å². The molecule has 2 aromatic rings. The number of benzene rings is 1. The number of nitrogens with one attached hydrogen (secondary N) is 1. The van der Waals surface area contributed by atoms with Crippen molar-refractivity contribution >= 4 is 6.03 Å². The first kappa shape index (κ1) is 19.9. The number of ether oxygens (including phenoxy) is 2. The summed E-state index contributed by atoms with van der Waals surface area (Å²) in [5, 5.41) is 13.5. The quantitative estimate of drug-likeness (QED) is 0.799. The number of aliphatic hydroxyl groups is 1. The van der Waals surface area contributed by atoms with Gasteiger partial charge in [0.1, 0.15) is 11.5 Å². The second-order valence-corrected chi connectivity index (χ2v) is 6.86. The molecule has 1 aromatic heterocycles. The zero-order valence-corrected chi connectivity index (χ0v) is 16.3. The molecule has 7 heteroatoms. The fourth-order valence-electron chi connectivity index (χ4n) is 3.49. The van der Waals surface area contributed by atoms with Gasteiger partial charge in [0.15, 0.2) is 0 Å². The van der Waals surface area contributed by atoms with Crippen LogP contribution in [0.2, 0.25) is 0 Å². The molecule has 7 nitrogen and oxygen atoms in total. The minimum atomic E-state index is -0.588. The summed E-state index contributed by atoms with van der Waals surface area (Å²) in [5.41, 5.74) is 1.58. The molecule has 1 atom stereocenters. The molecule has 2 heterocycles. The molecular weight excluding hydrogens is 358 g/mol. The summed E-state index contributed by atoms with van der Waals surface area (Å²) in [6.07, 6.45) is 2.60. The Labute approximate surface area is 165 Å². The summed E-state index contributed by atoms with van der Waals surface area (Å²) < 4.78 is 10.6. The van der Waals surface area contributed by atoms with Crippen LogP contribution in [0.5, 0.6) is 11.5 Å². The molecule has 1 aliphatic heterocycles. The highest BCUT2D eigenvalue weighted by Crippen LogP contribution is 2.30. The van der Waals surface area contributed by atoms with Crippen LogP contribution >= 0.6 is 0 Å². The zero-order chi connectivity index (χ0) is 19.9. The SMILES string of the molecule is COc1ccc(CNC(=O)N2CCC([C@H](O)c3ccccn3)CC2)c(OC)c1. The highest BCUT2D eigenvalue weighted by molar-refractivity contribution is 5.74. The van der Waals surface area contributed by atoms with Crippen molar-refractivity contribution in [3.8, 4) is 11.5 Å². The van der Waals surface area contributed by atoms with E-state index < -0.39 is 6.10 Å². The molecule has 1 aromatic carbocycles. The van der Waals surface area contributed by atoms with E-state index in [0.29, 0.717) is 36.8 Å². The Morgan fingerprint density at radius 2 is 2.04 bits per heavy atom. The molecule has 0 saturated carbocycles. The number of methoxy groups -OCH3 is 2. The van der Waals surface area contributed by atoms with Gasteiger partial charge in [-0.3, -0.25) is 4.98 Å². The van der Waals surface area contributed by atoms with Crippen molar-refractivity contribution in [3.63, 3.8) is 0 Å². The first-order valence-corrected chi connectivity index (χ1v) is 9.45. The van der Waals surface area contributed by atoms with E-state index in [4.69, 9.17) is 9.47 Å². The molecule has 2 N–H and O–H groups in total. The molecule has 1 fully saturated rings. The predicted molar refractivity (Wildman–Crippen MR) is 105 cm³/mol. The maximum absolute atomic E-state index is 12.5. The van der Waals surface area contributed by atoms with Crippen LogP contribution < -0.4 is 14.8 Å². The Bertz CT molecular complexity index is 776. The number of aromatic nitrogens is 1. The number of amides is 2. The topological polar surface area (TPSA) is 83.9 Å². The molecular formula is C21H27N3O4. The first-order valence-electron chi connectivity index (χ1n) is 9.45. The van der Waals surface area contributed by atoms with Crippen LogP contribution in [0.15, 0.2) is 42.6 Å². The summed E-state index contributed by atoms with van der Waals surface area (Å²) in [5.74, 6) is 1.50. The lowest BCUT2D eigenvalue weighted by molar-refractivity contribution is 0.0635. The average Bonchev–Trinajstić information content (AvgIpc) is 2.77. The lowest BCUT2D eigenvalue weighted by Gasteiger charge is -2.34. The van der Waals surface area contributed by atoms with E-state index in [1.807, 2.05) is 30.3 Å². The Morgan fingerprint density at radius 1 is 1.25 bits per heavy atom. The van der Waals surface area contributed by atoms with Gasteiger partial charge in [0.2, 0.25) is 0 Å². The van der Waals surface area contributed by atoms with Crippen LogP contribution in [0, 0.1) is 5.92 Å². The van der Waals surface area contributed by atoms with Crippen LogP contribution in [0.3, 0.4) is 0 Å². The third-order valence-corrected chi connectivity index (χ3v) is 5.19. The van der Waals surface area contributed by atoms with E-state index in [9.17, 15) is 9.90 Å². The van der Waals surface area contributed by atoms with Crippen molar-refractivity contribution in [2.24, 2.45) is 5.92 Å². The van der Waals surface area contributed by atoms with Crippen molar-refractivity contribution in [1.82, 2.24) is 15.2 Å². The molecule has 1 saturated heterocycles. The molecule has 1 aliphatic rings. The zero-order valence-electron chi connectivity index (χ0n) is 16.3. The minimum Gasteiger partial charge on any atom is -0.497 e. The van der Waals surface area contributed by atoms with Crippen LogP contribution in [0.4, 0.5) is 4.79 Å². The monoisotopic (exact) mass is 385 g/mol. The number of nitrogens with zero attached hydrogens (tertiary/aromatic N) is 2. The second-order valence-electron chi connectivity index (χ2n) is 6.86. The molecule has 150 valence electrons. The number of carbonyl (C=O) groups is 1. The van der Waals surface area contributed by atoms with Crippen molar-refractivity contribution < 1.29 is 19.4 Å². The van der Waals surface area contributed by atoms with Gasteiger partial charge in [-0.05, 0) is 43.0 Å². The number of urea groups is 1. The van der Waals surface area contributed by atoms with Gasteiger partial charge in [-0.2, -0.15) is 0 Å². The Balaban J connectivity index is 1.50. The third-order valence-electron chi connectivity index (χ3n) is 5.19. The summed E-state index contributed by atoms with van der Waals surface area (Å²) in [4.78, 5) is 18.5. The maximum Gasteiger partial charge on any atom is 0.317 e. The molecule has 2 amide bonds. The summed E-state index contributed by atoms with van der Waals surface area (Å²) >= 11 is 0. The summed E-state index contributed by atoms with van der Waals surface area (Å²) in [6, 6.07) is 11.0. The molecule has 0 bridgehead atoms. The molecule has 0 unspecified atom stereocenters. The van der Waals surface area contributed by atoms with Crippen LogP contribution in [0.25, 0.3) is 0 Å². The number of piperidine rings is 1. The number of hydrogen-bond acceptors (Lipinski definition) is 5. The Hall–Kier alpha value is -2.80. The van der Waals surface area contributed by atoms with Gasteiger partial charge in [-0.1, -0.05) is 6.07 Å². The van der Waals surface area contributed by atoms with Crippen LogP contribution in [-0.4, -0.2) is 48.3 Å². The van der Waals surface area contributed by atoms with Crippen molar-refractivity contribution in [1.29, 1.82) is 0 Å². The minimum absolute atomic E-state index is 0.108. The van der Waals surface area contributed by atoms with Gasteiger partial charge in [-0.15, -0.1) is 0 Å². The van der Waals surface area contributed by atoms with Gasteiger partial charge in [0.25, 0.3) is 0 Å². The number of hydrogen-bond donors (Lipinski definition) is 2. The largest absolute Gasteiger partial charge is 0.497 e. The van der Waals surface area contributed by atoms with Crippen LogP contribution in [-0.2, 0) is 6.54 Å². The molecule has 28 heavy (non-hydrogen) atoms. The van der Waals surface area contributed by atoms with E-state index in [-0.39, 0.29) is 11.9 Å². The third kappa shape index (κ3) is 4.72. The smallest absolute Gasteiger partial charge is 0.317 e. The fraction of sp³-hybridized carbons (Fsp3) is 0.429. The van der Waals surface area contributed by atoms with Crippen LogP contribution in [0.1, 0.15) is 30.2 Å². The van der Waals surface area contributed by atoms with Gasteiger partial charge in [0.05, 0.1) is 26.0 Å². The molecule has 3 rings (SSSR count). The number of aliphatic hydroxyl groups excluding tert-OH is 1. The number of rotatable bonds is 6. The van der Waals surface area contributed by atoms with E-state index in [0.717, 1.165) is 18.4 Å². The average molecular weight is 385 g/mol. The van der Waals surface area contributed by atoms with Gasteiger partial charge in [0, 0.05) is 37.5 Å². The van der Waals surface area contributed by atoms with Crippen molar-refractivity contribution in [2.45, 2.75) is 25.5 Å². The standard InChI is InChI=1S/C21H27N3O4/c1-27-17-7-6-16(19(13-17)28-2)14-23-21(26)24-11-8-15(9-12-24)20(25)18-5-3-4-10-22-18/h3-7,10,13,15,20,25H,8-9,11-12,14H2,1-2H3,(H,23,26)/t20-/m0/s1. The van der Waals surface area contributed by atoms with Crippen molar-refractivity contribution in [3.05, 3.63) is 53.9 Å².